The highest BCUT2D eigenvalue weighted by Gasteiger charge is 2.24. The van der Waals surface area contributed by atoms with Crippen molar-refractivity contribution in [1.82, 2.24) is 4.90 Å². The van der Waals surface area contributed by atoms with Crippen molar-refractivity contribution in [2.45, 2.75) is 19.3 Å². The Morgan fingerprint density at radius 3 is 2.29 bits per heavy atom. The van der Waals surface area contributed by atoms with Gasteiger partial charge in [0.15, 0.2) is 0 Å². The Balaban J connectivity index is 2.39. The highest BCUT2D eigenvalue weighted by atomic mass is 16.5. The number of esters is 1. The number of amides is 1. The summed E-state index contributed by atoms with van der Waals surface area (Å²) in [7, 11) is 1.13. The number of nitrogens with zero attached hydrogens (tertiary/aromatic N) is 1. The Morgan fingerprint density at radius 2 is 1.79 bits per heavy atom. The highest BCUT2D eigenvalue weighted by molar-refractivity contribution is 6.36. The van der Waals surface area contributed by atoms with Crippen molar-refractivity contribution in [3.8, 4) is 0 Å². The molecule has 1 aliphatic rings. The number of hydrogen-bond donors (Lipinski definition) is 0. The number of ketones is 1. The van der Waals surface area contributed by atoms with Gasteiger partial charge in [-0.05, 0) is 12.8 Å². The maximum absolute atomic E-state index is 11.4. The first-order valence-corrected chi connectivity index (χ1v) is 4.54. The molecule has 14 heavy (non-hydrogen) atoms. The molecule has 0 spiro atoms. The topological polar surface area (TPSA) is 63.7 Å². The van der Waals surface area contributed by atoms with Gasteiger partial charge in [0.05, 0.1) is 13.5 Å². The number of rotatable bonds is 3. The zero-order valence-electron chi connectivity index (χ0n) is 8.12. The van der Waals surface area contributed by atoms with Gasteiger partial charge < -0.3 is 9.64 Å². The molecule has 1 saturated heterocycles. The lowest BCUT2D eigenvalue weighted by Gasteiger charge is -2.13. The van der Waals surface area contributed by atoms with Crippen LogP contribution >= 0.6 is 0 Å². The molecule has 0 aromatic rings. The molecule has 0 saturated carbocycles. The number of carbonyl (C=O) groups excluding carboxylic acids is 3. The van der Waals surface area contributed by atoms with E-state index < -0.39 is 11.8 Å². The molecular weight excluding hydrogens is 186 g/mol. The van der Waals surface area contributed by atoms with Crippen molar-refractivity contribution < 1.29 is 19.1 Å². The maximum Gasteiger partial charge on any atom is 0.374 e. The van der Waals surface area contributed by atoms with Gasteiger partial charge in [-0.1, -0.05) is 0 Å². The summed E-state index contributed by atoms with van der Waals surface area (Å²) in [5, 5.41) is 0. The van der Waals surface area contributed by atoms with E-state index in [1.54, 1.807) is 4.90 Å². The van der Waals surface area contributed by atoms with Crippen molar-refractivity contribution in [1.29, 1.82) is 0 Å². The second-order valence-corrected chi connectivity index (χ2v) is 3.18. The predicted octanol–water partition coefficient (Wildman–Crippen LogP) is -0.259. The van der Waals surface area contributed by atoms with Crippen LogP contribution in [-0.2, 0) is 19.1 Å². The predicted molar refractivity (Wildman–Crippen MR) is 47.5 cm³/mol. The SMILES string of the molecule is COC(=O)C(=O)CC(=O)N1CCCC1. The number of Topliss-reactive ketones (excluding diaryl/α,β-unsaturated/α-hetero) is 1. The third-order valence-electron chi connectivity index (χ3n) is 2.18. The average Bonchev–Trinajstić information content (AvgIpc) is 2.69. The smallest absolute Gasteiger partial charge is 0.374 e. The first-order valence-electron chi connectivity index (χ1n) is 4.54. The summed E-state index contributed by atoms with van der Waals surface area (Å²) in [6.07, 6.45) is 1.57. The lowest BCUT2D eigenvalue weighted by atomic mass is 10.2. The molecule has 0 unspecified atom stereocenters. The van der Waals surface area contributed by atoms with E-state index >= 15 is 0 Å². The van der Waals surface area contributed by atoms with Crippen LogP contribution in [0.4, 0.5) is 0 Å². The van der Waals surface area contributed by atoms with E-state index in [1.807, 2.05) is 0 Å². The number of hydrogen-bond acceptors (Lipinski definition) is 4. The van der Waals surface area contributed by atoms with E-state index in [-0.39, 0.29) is 12.3 Å². The van der Waals surface area contributed by atoms with Crippen molar-refractivity contribution in [2.24, 2.45) is 0 Å². The molecule has 5 nitrogen and oxygen atoms in total. The summed E-state index contributed by atoms with van der Waals surface area (Å²) in [6, 6.07) is 0. The zero-order valence-corrected chi connectivity index (χ0v) is 8.12. The lowest BCUT2D eigenvalue weighted by molar-refractivity contribution is -0.153. The largest absolute Gasteiger partial charge is 0.463 e. The van der Waals surface area contributed by atoms with Crippen LogP contribution in [0.25, 0.3) is 0 Å². The average molecular weight is 199 g/mol. The molecule has 1 amide bonds. The Hall–Kier alpha value is -1.39. The zero-order chi connectivity index (χ0) is 10.6. The van der Waals surface area contributed by atoms with Crippen LogP contribution in [-0.4, -0.2) is 42.8 Å². The summed E-state index contributed by atoms with van der Waals surface area (Å²) in [5.41, 5.74) is 0. The maximum atomic E-state index is 11.4. The number of likely N-dealkylation sites (tertiary alicyclic amines) is 1. The van der Waals surface area contributed by atoms with Gasteiger partial charge in [0.25, 0.3) is 0 Å². The van der Waals surface area contributed by atoms with Crippen LogP contribution in [0, 0.1) is 0 Å². The molecule has 1 rings (SSSR count). The standard InChI is InChI=1S/C9H13NO4/c1-14-9(13)7(11)6-8(12)10-4-2-3-5-10/h2-6H2,1H3. The van der Waals surface area contributed by atoms with E-state index in [0.29, 0.717) is 13.1 Å². The minimum Gasteiger partial charge on any atom is -0.463 e. The molecule has 0 aliphatic carbocycles. The molecule has 1 aliphatic heterocycles. The van der Waals surface area contributed by atoms with Crippen LogP contribution < -0.4 is 0 Å². The minimum absolute atomic E-state index is 0.280. The first-order chi connectivity index (χ1) is 6.65. The molecule has 78 valence electrons. The Labute approximate surface area is 82.0 Å². The number of carbonyl (C=O) groups is 3. The van der Waals surface area contributed by atoms with Gasteiger partial charge in [-0.15, -0.1) is 0 Å². The van der Waals surface area contributed by atoms with E-state index in [9.17, 15) is 14.4 Å². The van der Waals surface area contributed by atoms with E-state index in [2.05, 4.69) is 4.74 Å². The molecule has 1 heterocycles. The highest BCUT2D eigenvalue weighted by Crippen LogP contribution is 2.08. The summed E-state index contributed by atoms with van der Waals surface area (Å²) in [6.45, 7) is 1.38. The normalized spacial score (nSPS) is 15.4. The van der Waals surface area contributed by atoms with Gasteiger partial charge in [-0.25, -0.2) is 4.79 Å². The van der Waals surface area contributed by atoms with E-state index in [0.717, 1.165) is 20.0 Å². The van der Waals surface area contributed by atoms with Crippen molar-refractivity contribution in [3.05, 3.63) is 0 Å². The molecule has 0 radical (unpaired) electrons. The fraction of sp³-hybridized carbons (Fsp3) is 0.667. The third-order valence-corrected chi connectivity index (χ3v) is 2.18. The Kier molecular flexibility index (Phi) is 3.62. The number of ether oxygens (including phenoxy) is 1. The van der Waals surface area contributed by atoms with Crippen molar-refractivity contribution in [3.63, 3.8) is 0 Å². The second-order valence-electron chi connectivity index (χ2n) is 3.18. The van der Waals surface area contributed by atoms with Crippen LogP contribution in [0.3, 0.4) is 0 Å². The second kappa shape index (κ2) is 4.74. The quantitative estimate of drug-likeness (QED) is 0.357. The van der Waals surface area contributed by atoms with Gasteiger partial charge >= 0.3 is 5.97 Å². The Morgan fingerprint density at radius 1 is 1.21 bits per heavy atom. The summed E-state index contributed by atoms with van der Waals surface area (Å²) in [4.78, 5) is 34.7. The summed E-state index contributed by atoms with van der Waals surface area (Å²) in [5.74, 6) is -2.00. The molecule has 0 aromatic heterocycles. The molecule has 0 bridgehead atoms. The van der Waals surface area contributed by atoms with Crippen molar-refractivity contribution in [2.75, 3.05) is 20.2 Å². The summed E-state index contributed by atoms with van der Waals surface area (Å²) < 4.78 is 4.22. The van der Waals surface area contributed by atoms with Gasteiger partial charge in [-0.2, -0.15) is 0 Å². The Bertz CT molecular complexity index is 256. The van der Waals surface area contributed by atoms with E-state index in [4.69, 9.17) is 0 Å². The van der Waals surface area contributed by atoms with E-state index in [1.165, 1.54) is 0 Å². The molecule has 0 aromatic carbocycles. The molecule has 0 atom stereocenters. The summed E-state index contributed by atoms with van der Waals surface area (Å²) >= 11 is 0. The van der Waals surface area contributed by atoms with Crippen LogP contribution in [0.1, 0.15) is 19.3 Å². The minimum atomic E-state index is -0.947. The number of methoxy groups -OCH3 is 1. The van der Waals surface area contributed by atoms with Crippen LogP contribution in [0.2, 0.25) is 0 Å². The first kappa shape index (κ1) is 10.7. The molecule has 0 N–H and O–H groups in total. The van der Waals surface area contributed by atoms with Gasteiger partial charge in [0.1, 0.15) is 0 Å². The van der Waals surface area contributed by atoms with Crippen LogP contribution in [0.5, 0.6) is 0 Å². The molecular formula is C9H13NO4. The van der Waals surface area contributed by atoms with Crippen LogP contribution in [0.15, 0.2) is 0 Å². The lowest BCUT2D eigenvalue weighted by Crippen LogP contribution is -2.31. The fourth-order valence-electron chi connectivity index (χ4n) is 1.40. The van der Waals surface area contributed by atoms with Crippen molar-refractivity contribution >= 4 is 17.7 Å². The van der Waals surface area contributed by atoms with Gasteiger partial charge in [0, 0.05) is 13.1 Å². The molecule has 5 heteroatoms. The molecule has 1 fully saturated rings. The monoisotopic (exact) mass is 199 g/mol. The van der Waals surface area contributed by atoms with Gasteiger partial charge in [-0.3, -0.25) is 9.59 Å². The fourth-order valence-corrected chi connectivity index (χ4v) is 1.40. The van der Waals surface area contributed by atoms with Gasteiger partial charge in [0.2, 0.25) is 11.7 Å². The third kappa shape index (κ3) is 2.55.